The van der Waals surface area contributed by atoms with Crippen LogP contribution in [0.2, 0.25) is 0 Å². The van der Waals surface area contributed by atoms with Crippen LogP contribution in [0.1, 0.15) is 39.5 Å². The molecule has 0 aromatic carbocycles. The Morgan fingerprint density at radius 3 is 2.62 bits per heavy atom. The lowest BCUT2D eigenvalue weighted by Gasteiger charge is -2.30. The highest BCUT2D eigenvalue weighted by Crippen LogP contribution is 2.24. The molecule has 0 radical (unpaired) electrons. The molecule has 10 nitrogen and oxygen atoms in total. The summed E-state index contributed by atoms with van der Waals surface area (Å²) < 4.78 is 5.42. The van der Waals surface area contributed by atoms with E-state index in [4.69, 9.17) is 10.5 Å². The molecule has 3 amide bonds. The van der Waals surface area contributed by atoms with Crippen LogP contribution in [0, 0.1) is 5.92 Å². The van der Waals surface area contributed by atoms with E-state index in [2.05, 4.69) is 16.0 Å². The Balaban J connectivity index is 2.43. The summed E-state index contributed by atoms with van der Waals surface area (Å²) >= 11 is 0. The Morgan fingerprint density at radius 2 is 1.91 bits per heavy atom. The Hall–Kier alpha value is -1.76. The van der Waals surface area contributed by atoms with Crippen molar-refractivity contribution in [2.75, 3.05) is 11.5 Å². The molecule has 0 aliphatic carbocycles. The zero-order valence-electron chi connectivity index (χ0n) is 18.2. The minimum atomic E-state index is -1.37. The number of hydrogen-bond donors (Lipinski definition) is 5. The summed E-state index contributed by atoms with van der Waals surface area (Å²) in [5.41, 5.74) is 5.81. The van der Waals surface area contributed by atoms with Crippen molar-refractivity contribution in [2.45, 2.75) is 70.0 Å². The lowest BCUT2D eigenvalue weighted by Crippen LogP contribution is -2.59. The van der Waals surface area contributed by atoms with Crippen molar-refractivity contribution in [2.24, 2.45) is 11.7 Å². The standard InChI is InChI=1S/C20H32N4O6S2/c1-3-11(2)17-14(25)9-16(27)30-12-6-4-5-7-31-32-10-13(19(28)24-17)22-20(29)18(21)23-15(26)8-12/h4,6,11-14,17-18,25H,3,5,7-10,21H2,1-2H3,(H,22,29)(H,23,26)(H,24,28)/b6-4+/t11?,12-,13-,14+,17-,18+/m1/s1. The SMILES string of the molecule is CCC(C)[C@H]1NC(=O)[C@H]2CSSCC/C=C/[C@H](CC(=O)N[C@H](N)C(=O)N2)OC(=O)C[C@@H]1O. The predicted molar refractivity (Wildman–Crippen MR) is 123 cm³/mol. The van der Waals surface area contributed by atoms with E-state index in [9.17, 15) is 24.3 Å². The molecule has 2 bridgehead atoms. The van der Waals surface area contributed by atoms with Gasteiger partial charge in [0.05, 0.1) is 25.0 Å². The van der Waals surface area contributed by atoms with Gasteiger partial charge in [0.25, 0.3) is 5.91 Å². The third-order valence-corrected chi connectivity index (χ3v) is 7.74. The topological polar surface area (TPSA) is 160 Å². The molecule has 0 aromatic heterocycles. The zero-order chi connectivity index (χ0) is 23.7. The van der Waals surface area contributed by atoms with E-state index in [1.165, 1.54) is 21.6 Å². The fourth-order valence-corrected chi connectivity index (χ4v) is 5.42. The van der Waals surface area contributed by atoms with Gasteiger partial charge in [0.2, 0.25) is 11.8 Å². The Morgan fingerprint density at radius 1 is 1.16 bits per heavy atom. The van der Waals surface area contributed by atoms with Gasteiger partial charge >= 0.3 is 5.97 Å². The fraction of sp³-hybridized carbons (Fsp3) is 0.700. The van der Waals surface area contributed by atoms with E-state index in [-0.39, 0.29) is 24.5 Å². The van der Waals surface area contributed by atoms with Crippen LogP contribution in [-0.4, -0.2) is 70.8 Å². The molecular weight excluding hydrogens is 456 g/mol. The van der Waals surface area contributed by atoms with Crippen LogP contribution >= 0.6 is 21.6 Å². The van der Waals surface area contributed by atoms with Crippen molar-refractivity contribution in [1.82, 2.24) is 16.0 Å². The number of allylic oxidation sites excluding steroid dienone is 1. The first-order valence-electron chi connectivity index (χ1n) is 10.7. The molecule has 1 saturated heterocycles. The molecule has 1 fully saturated rings. The van der Waals surface area contributed by atoms with Gasteiger partial charge in [-0.3, -0.25) is 19.2 Å². The van der Waals surface area contributed by atoms with E-state index >= 15 is 0 Å². The summed E-state index contributed by atoms with van der Waals surface area (Å²) in [5.74, 6) is -1.63. The summed E-state index contributed by atoms with van der Waals surface area (Å²) in [6.07, 6.45) is 0.739. The van der Waals surface area contributed by atoms with Gasteiger partial charge in [0.1, 0.15) is 12.1 Å². The highest BCUT2D eigenvalue weighted by molar-refractivity contribution is 8.76. The van der Waals surface area contributed by atoms with Crippen molar-refractivity contribution in [3.8, 4) is 0 Å². The molecule has 2 aliphatic heterocycles. The van der Waals surface area contributed by atoms with Crippen LogP contribution in [0.5, 0.6) is 0 Å². The number of aliphatic hydroxyl groups is 1. The Labute approximate surface area is 195 Å². The number of ether oxygens (including phenoxy) is 1. The van der Waals surface area contributed by atoms with E-state index < -0.39 is 54.1 Å². The molecule has 1 unspecified atom stereocenters. The number of hydrogen-bond acceptors (Lipinski definition) is 9. The average Bonchev–Trinajstić information content (AvgIpc) is 2.73. The first-order valence-corrected chi connectivity index (χ1v) is 13.1. The highest BCUT2D eigenvalue weighted by atomic mass is 33.1. The number of rotatable bonds is 2. The average molecular weight is 489 g/mol. The van der Waals surface area contributed by atoms with Gasteiger partial charge in [0.15, 0.2) is 6.17 Å². The normalized spacial score (nSPS) is 33.3. The van der Waals surface area contributed by atoms with Crippen molar-refractivity contribution < 1.29 is 29.0 Å². The molecule has 12 heteroatoms. The van der Waals surface area contributed by atoms with Crippen molar-refractivity contribution in [3.05, 3.63) is 12.2 Å². The summed E-state index contributed by atoms with van der Waals surface area (Å²) in [6, 6.07) is -1.66. The third-order valence-electron chi connectivity index (χ3n) is 5.29. The van der Waals surface area contributed by atoms with Gasteiger partial charge in [-0.25, -0.2) is 0 Å². The Kier molecular flexibility index (Phi) is 10.8. The first kappa shape index (κ1) is 26.5. The van der Waals surface area contributed by atoms with Gasteiger partial charge in [-0.1, -0.05) is 47.9 Å². The van der Waals surface area contributed by atoms with Gasteiger partial charge in [-0.15, -0.1) is 0 Å². The van der Waals surface area contributed by atoms with Crippen LogP contribution in [0.25, 0.3) is 0 Å². The maximum absolute atomic E-state index is 13.0. The molecular formula is C20H32N4O6S2. The zero-order valence-corrected chi connectivity index (χ0v) is 19.9. The quantitative estimate of drug-likeness (QED) is 0.202. The van der Waals surface area contributed by atoms with E-state index in [0.717, 1.165) is 5.75 Å². The summed E-state index contributed by atoms with van der Waals surface area (Å²) in [7, 11) is 2.96. The van der Waals surface area contributed by atoms with Crippen LogP contribution in [-0.2, 0) is 23.9 Å². The minimum Gasteiger partial charge on any atom is -0.457 e. The third kappa shape index (κ3) is 8.30. The second-order valence-electron chi connectivity index (χ2n) is 7.85. The predicted octanol–water partition coefficient (Wildman–Crippen LogP) is -0.189. The molecule has 0 aromatic rings. The van der Waals surface area contributed by atoms with Crippen LogP contribution in [0.3, 0.4) is 0 Å². The molecule has 6 atom stereocenters. The number of aliphatic hydroxyl groups excluding tert-OH is 1. The number of esters is 1. The monoisotopic (exact) mass is 488 g/mol. The van der Waals surface area contributed by atoms with Crippen molar-refractivity contribution in [3.63, 3.8) is 0 Å². The minimum absolute atomic E-state index is 0.143. The second kappa shape index (κ2) is 13.1. The lowest BCUT2D eigenvalue weighted by molar-refractivity contribution is -0.151. The summed E-state index contributed by atoms with van der Waals surface area (Å²) in [6.45, 7) is 3.76. The Bertz CT molecular complexity index is 722. The molecule has 6 N–H and O–H groups in total. The van der Waals surface area contributed by atoms with Gasteiger partial charge in [-0.2, -0.15) is 0 Å². The largest absolute Gasteiger partial charge is 0.457 e. The van der Waals surface area contributed by atoms with E-state index in [1.807, 2.05) is 19.9 Å². The number of carbonyl (C=O) groups excluding carboxylic acids is 4. The molecule has 2 aliphatic rings. The maximum atomic E-state index is 13.0. The van der Waals surface area contributed by atoms with Crippen molar-refractivity contribution in [1.29, 1.82) is 0 Å². The lowest BCUT2D eigenvalue weighted by atomic mass is 9.92. The fourth-order valence-electron chi connectivity index (χ4n) is 3.26. The number of nitrogens with one attached hydrogen (secondary N) is 3. The molecule has 2 heterocycles. The number of carbonyl (C=O) groups is 4. The summed E-state index contributed by atoms with van der Waals surface area (Å²) in [5, 5.41) is 18.5. The first-order chi connectivity index (χ1) is 15.2. The number of nitrogens with two attached hydrogens (primary N) is 1. The van der Waals surface area contributed by atoms with Gasteiger partial charge in [0, 0.05) is 11.5 Å². The van der Waals surface area contributed by atoms with Gasteiger partial charge < -0.3 is 31.5 Å². The van der Waals surface area contributed by atoms with E-state index in [0.29, 0.717) is 12.8 Å². The maximum Gasteiger partial charge on any atom is 0.309 e. The number of amides is 3. The molecule has 0 saturated carbocycles. The molecule has 0 spiro atoms. The van der Waals surface area contributed by atoms with Gasteiger partial charge in [-0.05, 0) is 18.4 Å². The molecule has 180 valence electrons. The van der Waals surface area contributed by atoms with Crippen LogP contribution < -0.4 is 21.7 Å². The molecule has 32 heavy (non-hydrogen) atoms. The number of fused-ring (bicyclic) bond motifs is 7. The smallest absolute Gasteiger partial charge is 0.309 e. The molecule has 2 rings (SSSR count). The summed E-state index contributed by atoms with van der Waals surface area (Å²) in [4.78, 5) is 50.5. The second-order valence-corrected chi connectivity index (χ2v) is 10.5. The highest BCUT2D eigenvalue weighted by Gasteiger charge is 2.33. The van der Waals surface area contributed by atoms with Crippen LogP contribution in [0.4, 0.5) is 0 Å². The van der Waals surface area contributed by atoms with E-state index in [1.54, 1.807) is 6.08 Å². The van der Waals surface area contributed by atoms with Crippen molar-refractivity contribution >= 4 is 45.3 Å². The van der Waals surface area contributed by atoms with Crippen LogP contribution in [0.15, 0.2) is 12.2 Å².